The standard InChI is InChI=1S/C15H13NO/c1-17-11-13-7-3-5-9-15(13)14-8-4-2-6-12(14)10-16/h2-9H,11H2,1H3. The fraction of sp³-hybridized carbons (Fsp3) is 0.133. The van der Waals surface area contributed by atoms with Gasteiger partial charge in [0.15, 0.2) is 0 Å². The number of nitrogens with zero attached hydrogens (tertiary/aromatic N) is 1. The van der Waals surface area contributed by atoms with Gasteiger partial charge in [-0.25, -0.2) is 0 Å². The summed E-state index contributed by atoms with van der Waals surface area (Å²) in [6.07, 6.45) is 0. The molecule has 2 aromatic rings. The summed E-state index contributed by atoms with van der Waals surface area (Å²) in [7, 11) is 1.67. The zero-order chi connectivity index (χ0) is 12.1. The molecule has 0 saturated carbocycles. The van der Waals surface area contributed by atoms with Crippen LogP contribution in [0.25, 0.3) is 11.1 Å². The molecular formula is C15H13NO. The van der Waals surface area contributed by atoms with E-state index in [-0.39, 0.29) is 0 Å². The van der Waals surface area contributed by atoms with E-state index >= 15 is 0 Å². The van der Waals surface area contributed by atoms with Crippen LogP contribution in [0.15, 0.2) is 48.5 Å². The molecule has 2 rings (SSSR count). The Morgan fingerprint density at radius 3 is 2.35 bits per heavy atom. The average molecular weight is 223 g/mol. The molecular weight excluding hydrogens is 210 g/mol. The molecule has 0 aromatic heterocycles. The highest BCUT2D eigenvalue weighted by atomic mass is 16.5. The Morgan fingerprint density at radius 1 is 1.00 bits per heavy atom. The summed E-state index contributed by atoms with van der Waals surface area (Å²) in [5.74, 6) is 0. The van der Waals surface area contributed by atoms with Crippen molar-refractivity contribution >= 4 is 0 Å². The fourth-order valence-electron chi connectivity index (χ4n) is 1.88. The molecule has 84 valence electrons. The van der Waals surface area contributed by atoms with Crippen LogP contribution in [-0.4, -0.2) is 7.11 Å². The molecule has 0 radical (unpaired) electrons. The first-order valence-corrected chi connectivity index (χ1v) is 5.43. The number of benzene rings is 2. The van der Waals surface area contributed by atoms with Gasteiger partial charge in [-0.05, 0) is 22.8 Å². The highest BCUT2D eigenvalue weighted by Gasteiger charge is 2.07. The first-order chi connectivity index (χ1) is 8.36. The van der Waals surface area contributed by atoms with Gasteiger partial charge in [0.2, 0.25) is 0 Å². The number of nitriles is 1. The summed E-state index contributed by atoms with van der Waals surface area (Å²) in [6.45, 7) is 0.552. The van der Waals surface area contributed by atoms with Crippen molar-refractivity contribution in [3.8, 4) is 17.2 Å². The molecule has 0 atom stereocenters. The van der Waals surface area contributed by atoms with Gasteiger partial charge in [0.1, 0.15) is 0 Å². The lowest BCUT2D eigenvalue weighted by Gasteiger charge is -2.10. The van der Waals surface area contributed by atoms with Gasteiger partial charge in [-0.1, -0.05) is 42.5 Å². The Bertz CT molecular complexity index is 555. The second-order valence-corrected chi connectivity index (χ2v) is 3.75. The number of hydrogen-bond acceptors (Lipinski definition) is 2. The first kappa shape index (κ1) is 11.4. The quantitative estimate of drug-likeness (QED) is 0.799. The van der Waals surface area contributed by atoms with Crippen molar-refractivity contribution in [3.05, 3.63) is 59.7 Å². The second-order valence-electron chi connectivity index (χ2n) is 3.75. The maximum Gasteiger partial charge on any atom is 0.0998 e. The molecule has 0 spiro atoms. The van der Waals surface area contributed by atoms with Crippen LogP contribution in [0.5, 0.6) is 0 Å². The lowest BCUT2D eigenvalue weighted by atomic mass is 9.96. The predicted molar refractivity (Wildman–Crippen MR) is 67.3 cm³/mol. The van der Waals surface area contributed by atoms with Crippen molar-refractivity contribution < 1.29 is 4.74 Å². The van der Waals surface area contributed by atoms with Gasteiger partial charge in [-0.3, -0.25) is 0 Å². The summed E-state index contributed by atoms with van der Waals surface area (Å²) in [6, 6.07) is 17.8. The Kier molecular flexibility index (Phi) is 3.54. The summed E-state index contributed by atoms with van der Waals surface area (Å²) < 4.78 is 5.18. The van der Waals surface area contributed by atoms with Crippen molar-refractivity contribution in [3.63, 3.8) is 0 Å². The monoisotopic (exact) mass is 223 g/mol. The molecule has 0 heterocycles. The van der Waals surface area contributed by atoms with E-state index in [0.29, 0.717) is 12.2 Å². The van der Waals surface area contributed by atoms with Crippen LogP contribution in [-0.2, 0) is 11.3 Å². The molecule has 2 aromatic carbocycles. The van der Waals surface area contributed by atoms with E-state index in [9.17, 15) is 0 Å². The molecule has 0 amide bonds. The van der Waals surface area contributed by atoms with Gasteiger partial charge < -0.3 is 4.74 Å². The predicted octanol–water partition coefficient (Wildman–Crippen LogP) is 3.37. The van der Waals surface area contributed by atoms with Crippen LogP contribution in [0.4, 0.5) is 0 Å². The van der Waals surface area contributed by atoms with Gasteiger partial charge in [0, 0.05) is 7.11 Å². The molecule has 0 saturated heterocycles. The largest absolute Gasteiger partial charge is 0.380 e. The van der Waals surface area contributed by atoms with Gasteiger partial charge in [0.05, 0.1) is 18.2 Å². The maximum atomic E-state index is 9.12. The van der Waals surface area contributed by atoms with Crippen LogP contribution in [0.3, 0.4) is 0 Å². The van der Waals surface area contributed by atoms with E-state index in [0.717, 1.165) is 16.7 Å². The van der Waals surface area contributed by atoms with Crippen molar-refractivity contribution in [2.45, 2.75) is 6.61 Å². The van der Waals surface area contributed by atoms with Crippen LogP contribution >= 0.6 is 0 Å². The van der Waals surface area contributed by atoms with E-state index in [4.69, 9.17) is 10.00 Å². The molecule has 0 unspecified atom stereocenters. The minimum absolute atomic E-state index is 0.552. The van der Waals surface area contributed by atoms with Gasteiger partial charge in [-0.15, -0.1) is 0 Å². The number of methoxy groups -OCH3 is 1. The number of rotatable bonds is 3. The van der Waals surface area contributed by atoms with Crippen molar-refractivity contribution in [1.82, 2.24) is 0 Å². The molecule has 2 heteroatoms. The van der Waals surface area contributed by atoms with Gasteiger partial charge >= 0.3 is 0 Å². The third kappa shape index (κ3) is 2.35. The maximum absolute atomic E-state index is 9.12. The van der Waals surface area contributed by atoms with Crippen LogP contribution < -0.4 is 0 Å². The minimum Gasteiger partial charge on any atom is -0.380 e. The zero-order valence-electron chi connectivity index (χ0n) is 9.68. The van der Waals surface area contributed by atoms with E-state index in [1.165, 1.54) is 0 Å². The van der Waals surface area contributed by atoms with Crippen molar-refractivity contribution in [2.75, 3.05) is 7.11 Å². The summed E-state index contributed by atoms with van der Waals surface area (Å²) in [4.78, 5) is 0. The lowest BCUT2D eigenvalue weighted by molar-refractivity contribution is 0.185. The average Bonchev–Trinajstić information content (AvgIpc) is 2.40. The van der Waals surface area contributed by atoms with Crippen LogP contribution in [0.2, 0.25) is 0 Å². The summed E-state index contributed by atoms with van der Waals surface area (Å²) >= 11 is 0. The van der Waals surface area contributed by atoms with E-state index in [1.54, 1.807) is 7.11 Å². The van der Waals surface area contributed by atoms with E-state index < -0.39 is 0 Å². The Labute approximate surface area is 101 Å². The molecule has 0 aliphatic heterocycles. The van der Waals surface area contributed by atoms with E-state index in [2.05, 4.69) is 6.07 Å². The number of ether oxygens (including phenoxy) is 1. The van der Waals surface area contributed by atoms with Gasteiger partial charge in [0.25, 0.3) is 0 Å². The molecule has 0 aliphatic rings. The van der Waals surface area contributed by atoms with Crippen molar-refractivity contribution in [2.24, 2.45) is 0 Å². The van der Waals surface area contributed by atoms with Crippen molar-refractivity contribution in [1.29, 1.82) is 5.26 Å². The third-order valence-electron chi connectivity index (χ3n) is 2.65. The Morgan fingerprint density at radius 2 is 1.65 bits per heavy atom. The lowest BCUT2D eigenvalue weighted by Crippen LogP contribution is -1.93. The van der Waals surface area contributed by atoms with Crippen LogP contribution in [0, 0.1) is 11.3 Å². The summed E-state index contributed by atoms with van der Waals surface area (Å²) in [5, 5.41) is 9.12. The molecule has 2 nitrogen and oxygen atoms in total. The Balaban J connectivity index is 2.57. The smallest absolute Gasteiger partial charge is 0.0998 e. The van der Waals surface area contributed by atoms with Gasteiger partial charge in [-0.2, -0.15) is 5.26 Å². The molecule has 0 N–H and O–H groups in total. The highest BCUT2D eigenvalue weighted by Crippen LogP contribution is 2.27. The molecule has 0 aliphatic carbocycles. The second kappa shape index (κ2) is 5.29. The molecule has 0 fully saturated rings. The SMILES string of the molecule is COCc1ccccc1-c1ccccc1C#N. The minimum atomic E-state index is 0.552. The van der Waals surface area contributed by atoms with Crippen LogP contribution in [0.1, 0.15) is 11.1 Å². The topological polar surface area (TPSA) is 33.0 Å². The normalized spacial score (nSPS) is 9.88. The number of hydrogen-bond donors (Lipinski definition) is 0. The summed E-state index contributed by atoms with van der Waals surface area (Å²) in [5.41, 5.74) is 3.81. The fourth-order valence-corrected chi connectivity index (χ4v) is 1.88. The van der Waals surface area contributed by atoms with E-state index in [1.807, 2.05) is 48.5 Å². The molecule has 17 heavy (non-hydrogen) atoms. The first-order valence-electron chi connectivity index (χ1n) is 5.43. The zero-order valence-corrected chi connectivity index (χ0v) is 9.68. The molecule has 0 bridgehead atoms. The third-order valence-corrected chi connectivity index (χ3v) is 2.65. The Hall–Kier alpha value is -2.11. The highest BCUT2D eigenvalue weighted by molar-refractivity contribution is 5.73.